The second-order valence-electron chi connectivity index (χ2n) is 4.21. The summed E-state index contributed by atoms with van der Waals surface area (Å²) in [5, 5.41) is 3.77. The minimum absolute atomic E-state index is 0.502. The zero-order chi connectivity index (χ0) is 14.9. The van der Waals surface area contributed by atoms with Crippen molar-refractivity contribution in [3.8, 4) is 5.75 Å². The molecule has 5 heteroatoms. The van der Waals surface area contributed by atoms with E-state index in [0.717, 1.165) is 16.9 Å². The Labute approximate surface area is 123 Å². The van der Waals surface area contributed by atoms with Crippen molar-refractivity contribution in [2.24, 2.45) is 5.10 Å². The molecule has 0 aliphatic carbocycles. The third-order valence-electron chi connectivity index (χ3n) is 2.66. The van der Waals surface area contributed by atoms with Crippen LogP contribution in [0.1, 0.15) is 11.1 Å². The van der Waals surface area contributed by atoms with Crippen LogP contribution in [0.2, 0.25) is 0 Å². The second kappa shape index (κ2) is 7.69. The zero-order valence-corrected chi connectivity index (χ0v) is 11.7. The lowest BCUT2D eigenvalue weighted by Crippen LogP contribution is -2.16. The van der Waals surface area contributed by atoms with Crippen LogP contribution in [0.15, 0.2) is 59.7 Å². The van der Waals surface area contributed by atoms with Gasteiger partial charge in [0.25, 0.3) is 0 Å². The fourth-order valence-corrected chi connectivity index (χ4v) is 1.63. The van der Waals surface area contributed by atoms with Crippen molar-refractivity contribution >= 4 is 12.3 Å². The third kappa shape index (κ3) is 4.99. The molecule has 5 nitrogen and oxygen atoms in total. The smallest absolute Gasteiger partial charge is 0.427 e. The van der Waals surface area contributed by atoms with E-state index in [1.54, 1.807) is 0 Å². The maximum atomic E-state index is 10.9. The van der Waals surface area contributed by atoms with E-state index < -0.39 is 6.09 Å². The highest BCUT2D eigenvalue weighted by Crippen LogP contribution is 2.14. The monoisotopic (exact) mass is 284 g/mol. The Kier molecular flexibility index (Phi) is 5.34. The molecule has 0 aliphatic heterocycles. The first kappa shape index (κ1) is 14.6. The Bertz CT molecular complexity index is 612. The van der Waals surface area contributed by atoms with Gasteiger partial charge in [-0.25, -0.2) is 10.2 Å². The number of hydrogen-bond donors (Lipinski definition) is 1. The van der Waals surface area contributed by atoms with Crippen LogP contribution < -0.4 is 10.2 Å². The van der Waals surface area contributed by atoms with Crippen molar-refractivity contribution in [3.05, 3.63) is 65.7 Å². The van der Waals surface area contributed by atoms with Gasteiger partial charge in [-0.1, -0.05) is 42.5 Å². The van der Waals surface area contributed by atoms with Crippen molar-refractivity contribution in [1.29, 1.82) is 0 Å². The van der Waals surface area contributed by atoms with Gasteiger partial charge in [-0.15, -0.1) is 0 Å². The van der Waals surface area contributed by atoms with Gasteiger partial charge in [-0.05, 0) is 23.3 Å². The van der Waals surface area contributed by atoms with Crippen molar-refractivity contribution in [2.75, 3.05) is 7.11 Å². The fraction of sp³-hybridized carbons (Fsp3) is 0.125. The van der Waals surface area contributed by atoms with Crippen LogP contribution in [0.5, 0.6) is 5.75 Å². The average Bonchev–Trinajstić information content (AvgIpc) is 2.54. The normalized spacial score (nSPS) is 10.3. The summed E-state index contributed by atoms with van der Waals surface area (Å²) in [6.45, 7) is 0.502. The Hall–Kier alpha value is -2.82. The number of nitrogens with zero attached hydrogens (tertiary/aromatic N) is 1. The van der Waals surface area contributed by atoms with Crippen LogP contribution in [0, 0.1) is 0 Å². The predicted molar refractivity (Wildman–Crippen MR) is 80.4 cm³/mol. The van der Waals surface area contributed by atoms with Gasteiger partial charge in [0.15, 0.2) is 0 Å². The Balaban J connectivity index is 1.93. The first-order valence-electron chi connectivity index (χ1n) is 6.42. The lowest BCUT2D eigenvalue weighted by Gasteiger charge is -2.06. The number of benzene rings is 2. The van der Waals surface area contributed by atoms with E-state index in [9.17, 15) is 4.79 Å². The molecule has 0 saturated carbocycles. The summed E-state index contributed by atoms with van der Waals surface area (Å²) < 4.78 is 10.1. The van der Waals surface area contributed by atoms with E-state index in [-0.39, 0.29) is 0 Å². The van der Waals surface area contributed by atoms with Crippen molar-refractivity contribution < 1.29 is 14.3 Å². The molecule has 0 atom stereocenters. The third-order valence-corrected chi connectivity index (χ3v) is 2.66. The first-order valence-corrected chi connectivity index (χ1v) is 6.42. The van der Waals surface area contributed by atoms with Crippen LogP contribution in [-0.4, -0.2) is 19.4 Å². The Morgan fingerprint density at radius 3 is 2.76 bits per heavy atom. The summed E-state index contributed by atoms with van der Waals surface area (Å²) in [4.78, 5) is 10.9. The summed E-state index contributed by atoms with van der Waals surface area (Å²) in [6.07, 6.45) is 0.912. The average molecular weight is 284 g/mol. The SMILES string of the molecule is COC(=O)NN=Cc1cccc(OCc2ccccc2)c1. The molecule has 2 rings (SSSR count). The van der Waals surface area contributed by atoms with Gasteiger partial charge in [-0.2, -0.15) is 5.10 Å². The molecule has 1 amide bonds. The van der Waals surface area contributed by atoms with E-state index in [4.69, 9.17) is 4.74 Å². The Morgan fingerprint density at radius 2 is 2.00 bits per heavy atom. The molecule has 0 heterocycles. The number of methoxy groups -OCH3 is 1. The van der Waals surface area contributed by atoms with E-state index in [1.807, 2.05) is 54.6 Å². The predicted octanol–water partition coefficient (Wildman–Crippen LogP) is 2.96. The molecule has 0 saturated heterocycles. The maximum absolute atomic E-state index is 10.9. The number of ether oxygens (including phenoxy) is 2. The Morgan fingerprint density at radius 1 is 1.19 bits per heavy atom. The number of rotatable bonds is 5. The molecule has 0 aliphatic rings. The number of hydrazone groups is 1. The minimum Gasteiger partial charge on any atom is -0.489 e. The number of hydrogen-bond acceptors (Lipinski definition) is 4. The molecule has 0 aromatic heterocycles. The highest BCUT2D eigenvalue weighted by atomic mass is 16.5. The molecular formula is C16H16N2O3. The maximum Gasteiger partial charge on any atom is 0.427 e. The van der Waals surface area contributed by atoms with Gasteiger partial charge in [0, 0.05) is 0 Å². The number of carbonyl (C=O) groups is 1. The molecule has 21 heavy (non-hydrogen) atoms. The van der Waals surface area contributed by atoms with Gasteiger partial charge in [0.2, 0.25) is 0 Å². The van der Waals surface area contributed by atoms with Gasteiger partial charge < -0.3 is 9.47 Å². The molecule has 0 fully saturated rings. The minimum atomic E-state index is -0.609. The van der Waals surface area contributed by atoms with E-state index in [0.29, 0.717) is 6.61 Å². The molecule has 0 radical (unpaired) electrons. The van der Waals surface area contributed by atoms with Gasteiger partial charge in [0.05, 0.1) is 13.3 Å². The highest BCUT2D eigenvalue weighted by Gasteiger charge is 1.97. The van der Waals surface area contributed by atoms with Crippen molar-refractivity contribution in [2.45, 2.75) is 6.61 Å². The topological polar surface area (TPSA) is 59.9 Å². The number of amides is 1. The summed E-state index contributed by atoms with van der Waals surface area (Å²) in [5.41, 5.74) is 4.14. The molecule has 2 aromatic carbocycles. The molecule has 0 bridgehead atoms. The highest BCUT2D eigenvalue weighted by molar-refractivity contribution is 5.81. The lowest BCUT2D eigenvalue weighted by molar-refractivity contribution is 0.171. The van der Waals surface area contributed by atoms with Crippen molar-refractivity contribution in [3.63, 3.8) is 0 Å². The molecular weight excluding hydrogens is 268 g/mol. The number of carbonyl (C=O) groups excluding carboxylic acids is 1. The van der Waals surface area contributed by atoms with E-state index >= 15 is 0 Å². The van der Waals surface area contributed by atoms with E-state index in [2.05, 4.69) is 15.3 Å². The second-order valence-corrected chi connectivity index (χ2v) is 4.21. The lowest BCUT2D eigenvalue weighted by atomic mass is 10.2. The molecule has 1 N–H and O–H groups in total. The quantitative estimate of drug-likeness (QED) is 0.678. The fourth-order valence-electron chi connectivity index (χ4n) is 1.63. The molecule has 0 spiro atoms. The summed E-state index contributed by atoms with van der Waals surface area (Å²) in [5.74, 6) is 0.737. The summed E-state index contributed by atoms with van der Waals surface area (Å²) >= 11 is 0. The van der Waals surface area contributed by atoms with Crippen LogP contribution in [-0.2, 0) is 11.3 Å². The van der Waals surface area contributed by atoms with Crippen molar-refractivity contribution in [1.82, 2.24) is 5.43 Å². The molecule has 108 valence electrons. The van der Waals surface area contributed by atoms with Crippen LogP contribution in [0.3, 0.4) is 0 Å². The largest absolute Gasteiger partial charge is 0.489 e. The van der Waals surface area contributed by atoms with Crippen LogP contribution in [0.25, 0.3) is 0 Å². The molecule has 2 aromatic rings. The van der Waals surface area contributed by atoms with Gasteiger partial charge >= 0.3 is 6.09 Å². The van der Waals surface area contributed by atoms with Gasteiger partial charge in [-0.3, -0.25) is 0 Å². The molecule has 0 unspecified atom stereocenters. The van der Waals surface area contributed by atoms with Crippen LogP contribution in [0.4, 0.5) is 4.79 Å². The summed E-state index contributed by atoms with van der Waals surface area (Å²) in [6, 6.07) is 17.4. The standard InChI is InChI=1S/C16H16N2O3/c1-20-16(19)18-17-11-14-8-5-9-15(10-14)21-12-13-6-3-2-4-7-13/h2-11H,12H2,1H3,(H,18,19). The number of nitrogens with one attached hydrogen (secondary N) is 1. The zero-order valence-electron chi connectivity index (χ0n) is 11.7. The van der Waals surface area contributed by atoms with Crippen LogP contribution >= 0.6 is 0 Å². The van der Waals surface area contributed by atoms with E-state index in [1.165, 1.54) is 13.3 Å². The summed E-state index contributed by atoms with van der Waals surface area (Å²) in [7, 11) is 1.28. The first-order chi connectivity index (χ1) is 10.3. The van der Waals surface area contributed by atoms with Gasteiger partial charge in [0.1, 0.15) is 12.4 Å².